The van der Waals surface area contributed by atoms with Gasteiger partial charge >= 0.3 is 0 Å². The predicted molar refractivity (Wildman–Crippen MR) is 129 cm³/mol. The Kier molecular flexibility index (Phi) is 5.43. The first kappa shape index (κ1) is 21.2. The second-order valence-electron chi connectivity index (χ2n) is 7.56. The lowest BCUT2D eigenvalue weighted by molar-refractivity contribution is 0.102. The molecule has 0 aliphatic carbocycles. The minimum absolute atomic E-state index is 0.156. The number of benzene rings is 3. The summed E-state index contributed by atoms with van der Waals surface area (Å²) in [5.41, 5.74) is 3.82. The normalized spacial score (nSPS) is 10.9. The molecule has 0 spiro atoms. The Hall–Kier alpha value is -4.66. The molecule has 0 bridgehead atoms. The van der Waals surface area contributed by atoms with Crippen LogP contribution >= 0.6 is 0 Å². The third-order valence-corrected chi connectivity index (χ3v) is 5.47. The van der Waals surface area contributed by atoms with E-state index < -0.39 is 0 Å². The molecule has 0 fully saturated rings. The number of aromatic amines is 1. The van der Waals surface area contributed by atoms with Crippen molar-refractivity contribution < 1.29 is 14.3 Å². The molecule has 2 heterocycles. The Balaban J connectivity index is 1.39. The summed E-state index contributed by atoms with van der Waals surface area (Å²) in [7, 11) is 3.15. The number of rotatable bonds is 6. The third-order valence-electron chi connectivity index (χ3n) is 5.47. The SMILES string of the molecule is COc1ccc(-c2nc(NC(=O)c3ccc4c(c3)nc(C)n4-c3ccccc3)n[nH]2)c(OC)c1. The number of H-pyrrole nitrogens is 1. The minimum Gasteiger partial charge on any atom is -0.497 e. The fourth-order valence-corrected chi connectivity index (χ4v) is 3.85. The van der Waals surface area contributed by atoms with Crippen LogP contribution in [0.4, 0.5) is 5.95 Å². The van der Waals surface area contributed by atoms with E-state index in [9.17, 15) is 4.79 Å². The smallest absolute Gasteiger partial charge is 0.258 e. The van der Waals surface area contributed by atoms with Gasteiger partial charge in [0.25, 0.3) is 5.91 Å². The molecule has 0 aliphatic rings. The fraction of sp³-hybridized carbons (Fsp3) is 0.120. The highest BCUT2D eigenvalue weighted by Gasteiger charge is 2.16. The molecule has 5 aromatic rings. The van der Waals surface area contributed by atoms with Crippen molar-refractivity contribution in [2.24, 2.45) is 0 Å². The van der Waals surface area contributed by atoms with Gasteiger partial charge in [-0.3, -0.25) is 19.8 Å². The molecule has 9 heteroatoms. The molecule has 0 unspecified atom stereocenters. The summed E-state index contributed by atoms with van der Waals surface area (Å²) in [5, 5.41) is 9.69. The number of anilines is 1. The van der Waals surface area contributed by atoms with E-state index in [4.69, 9.17) is 9.47 Å². The molecule has 170 valence electrons. The van der Waals surface area contributed by atoms with Crippen LogP contribution in [0.25, 0.3) is 28.1 Å². The molecule has 0 aliphatic heterocycles. The number of hydrogen-bond donors (Lipinski definition) is 2. The largest absolute Gasteiger partial charge is 0.497 e. The van der Waals surface area contributed by atoms with Gasteiger partial charge in [-0.25, -0.2) is 4.98 Å². The van der Waals surface area contributed by atoms with Gasteiger partial charge in [0.05, 0.1) is 30.8 Å². The molecular formula is C25H22N6O3. The van der Waals surface area contributed by atoms with Gasteiger partial charge in [-0.1, -0.05) is 18.2 Å². The number of nitrogens with zero attached hydrogens (tertiary/aromatic N) is 4. The number of carbonyl (C=O) groups is 1. The molecule has 3 aromatic carbocycles. The number of imidazole rings is 1. The van der Waals surface area contributed by atoms with Crippen molar-refractivity contribution in [1.82, 2.24) is 24.7 Å². The van der Waals surface area contributed by atoms with E-state index in [1.807, 2.05) is 49.4 Å². The first-order chi connectivity index (χ1) is 16.6. The molecule has 0 atom stereocenters. The lowest BCUT2D eigenvalue weighted by Gasteiger charge is -2.08. The Morgan fingerprint density at radius 3 is 2.56 bits per heavy atom. The minimum atomic E-state index is -0.332. The number of carbonyl (C=O) groups excluding carboxylic acids is 1. The number of aryl methyl sites for hydroxylation is 1. The summed E-state index contributed by atoms with van der Waals surface area (Å²) in [5.74, 6) is 2.36. The van der Waals surface area contributed by atoms with E-state index in [2.05, 4.69) is 30.0 Å². The van der Waals surface area contributed by atoms with Crippen molar-refractivity contribution in [3.63, 3.8) is 0 Å². The van der Waals surface area contributed by atoms with Gasteiger partial charge in [-0.05, 0) is 49.4 Å². The Morgan fingerprint density at radius 2 is 1.79 bits per heavy atom. The van der Waals surface area contributed by atoms with Crippen LogP contribution in [0.15, 0.2) is 66.7 Å². The summed E-state index contributed by atoms with van der Waals surface area (Å²) in [6.07, 6.45) is 0. The topological polar surface area (TPSA) is 107 Å². The van der Waals surface area contributed by atoms with Gasteiger partial charge in [-0.15, -0.1) is 5.10 Å². The molecule has 0 saturated heterocycles. The first-order valence-electron chi connectivity index (χ1n) is 10.6. The summed E-state index contributed by atoms with van der Waals surface area (Å²) in [4.78, 5) is 21.9. The second-order valence-corrected chi connectivity index (χ2v) is 7.56. The highest BCUT2D eigenvalue weighted by atomic mass is 16.5. The van der Waals surface area contributed by atoms with Crippen molar-refractivity contribution in [2.75, 3.05) is 19.5 Å². The van der Waals surface area contributed by atoms with Crippen LogP contribution in [-0.2, 0) is 0 Å². The van der Waals surface area contributed by atoms with Crippen LogP contribution in [0.5, 0.6) is 11.5 Å². The lowest BCUT2D eigenvalue weighted by atomic mass is 10.2. The van der Waals surface area contributed by atoms with Gasteiger partial charge in [0.2, 0.25) is 5.95 Å². The van der Waals surface area contributed by atoms with Crippen LogP contribution in [-0.4, -0.2) is 44.9 Å². The molecular weight excluding hydrogens is 432 g/mol. The molecule has 0 radical (unpaired) electrons. The number of amides is 1. The van der Waals surface area contributed by atoms with E-state index in [0.717, 1.165) is 22.5 Å². The van der Waals surface area contributed by atoms with Crippen molar-refractivity contribution in [1.29, 1.82) is 0 Å². The van der Waals surface area contributed by atoms with Crippen molar-refractivity contribution in [2.45, 2.75) is 6.92 Å². The maximum absolute atomic E-state index is 12.9. The zero-order valence-electron chi connectivity index (χ0n) is 18.9. The third kappa shape index (κ3) is 3.83. The van der Waals surface area contributed by atoms with Crippen LogP contribution in [0.1, 0.15) is 16.2 Å². The monoisotopic (exact) mass is 454 g/mol. The summed E-state index contributed by atoms with van der Waals surface area (Å²) in [6, 6.07) is 20.7. The van der Waals surface area contributed by atoms with Crippen molar-refractivity contribution >= 4 is 22.9 Å². The van der Waals surface area contributed by atoms with Crippen molar-refractivity contribution in [3.8, 4) is 28.6 Å². The average Bonchev–Trinajstić information content (AvgIpc) is 3.46. The Morgan fingerprint density at radius 1 is 0.971 bits per heavy atom. The number of nitrogens with one attached hydrogen (secondary N) is 2. The van der Waals surface area contributed by atoms with Crippen LogP contribution in [0.2, 0.25) is 0 Å². The van der Waals surface area contributed by atoms with E-state index in [1.165, 1.54) is 0 Å². The number of methoxy groups -OCH3 is 2. The highest BCUT2D eigenvalue weighted by Crippen LogP contribution is 2.31. The van der Waals surface area contributed by atoms with E-state index in [1.54, 1.807) is 38.5 Å². The van der Waals surface area contributed by atoms with Gasteiger partial charge in [0.1, 0.15) is 17.3 Å². The average molecular weight is 454 g/mol. The van der Waals surface area contributed by atoms with Gasteiger partial charge in [0.15, 0.2) is 5.82 Å². The maximum atomic E-state index is 12.9. The molecule has 34 heavy (non-hydrogen) atoms. The van der Waals surface area contributed by atoms with Gasteiger partial charge in [0, 0.05) is 17.3 Å². The fourth-order valence-electron chi connectivity index (χ4n) is 3.85. The number of ether oxygens (including phenoxy) is 2. The Bertz CT molecular complexity index is 1490. The number of hydrogen-bond acceptors (Lipinski definition) is 6. The zero-order chi connectivity index (χ0) is 23.7. The summed E-state index contributed by atoms with van der Waals surface area (Å²) >= 11 is 0. The number of para-hydroxylation sites is 1. The number of fused-ring (bicyclic) bond motifs is 1. The zero-order valence-corrected chi connectivity index (χ0v) is 18.9. The van der Waals surface area contributed by atoms with Crippen LogP contribution in [0.3, 0.4) is 0 Å². The standard InChI is InChI=1S/C25H22N6O3/c1-15-26-20-13-16(9-12-21(20)31(15)17-7-5-4-6-8-17)24(32)28-25-27-23(29-30-25)19-11-10-18(33-2)14-22(19)34-3/h4-14H,1-3H3,(H2,27,28,29,30,32). The molecule has 9 nitrogen and oxygen atoms in total. The quantitative estimate of drug-likeness (QED) is 0.394. The molecule has 1 amide bonds. The molecule has 2 aromatic heterocycles. The maximum Gasteiger partial charge on any atom is 0.258 e. The van der Waals surface area contributed by atoms with Crippen molar-refractivity contribution in [3.05, 3.63) is 78.1 Å². The predicted octanol–water partition coefficient (Wildman–Crippen LogP) is 4.39. The second kappa shape index (κ2) is 8.70. The van der Waals surface area contributed by atoms with E-state index in [0.29, 0.717) is 28.5 Å². The number of aromatic nitrogens is 5. The van der Waals surface area contributed by atoms with Gasteiger partial charge in [-0.2, -0.15) is 4.98 Å². The van der Waals surface area contributed by atoms with E-state index in [-0.39, 0.29) is 11.9 Å². The summed E-state index contributed by atoms with van der Waals surface area (Å²) < 4.78 is 12.7. The van der Waals surface area contributed by atoms with Crippen LogP contribution < -0.4 is 14.8 Å². The lowest BCUT2D eigenvalue weighted by Crippen LogP contribution is -2.13. The van der Waals surface area contributed by atoms with Crippen LogP contribution in [0, 0.1) is 6.92 Å². The highest BCUT2D eigenvalue weighted by molar-refractivity contribution is 6.05. The summed E-state index contributed by atoms with van der Waals surface area (Å²) in [6.45, 7) is 1.94. The molecule has 2 N–H and O–H groups in total. The molecule has 5 rings (SSSR count). The Labute approximate surface area is 195 Å². The first-order valence-corrected chi connectivity index (χ1v) is 10.6. The van der Waals surface area contributed by atoms with Gasteiger partial charge < -0.3 is 9.47 Å². The van der Waals surface area contributed by atoms with E-state index >= 15 is 0 Å². The molecule has 0 saturated carbocycles.